The van der Waals surface area contributed by atoms with E-state index < -0.39 is 6.10 Å². The number of benzene rings is 1. The number of hydrogen-bond acceptors (Lipinski definition) is 4. The van der Waals surface area contributed by atoms with E-state index in [9.17, 15) is 5.11 Å². The summed E-state index contributed by atoms with van der Waals surface area (Å²) >= 11 is 7.38. The second-order valence-corrected chi connectivity index (χ2v) is 6.10. The average Bonchev–Trinajstić information content (AvgIpc) is 2.83. The van der Waals surface area contributed by atoms with Crippen molar-refractivity contribution in [3.63, 3.8) is 0 Å². The fourth-order valence-electron chi connectivity index (χ4n) is 2.12. The van der Waals surface area contributed by atoms with Gasteiger partial charge in [0.25, 0.3) is 0 Å². The number of thiophene rings is 1. The minimum Gasteiger partial charge on any atom is -0.486 e. The Morgan fingerprint density at radius 1 is 1.21 bits per heavy atom. The van der Waals surface area contributed by atoms with Crippen molar-refractivity contribution in [2.45, 2.75) is 12.5 Å². The van der Waals surface area contributed by atoms with Crippen LogP contribution in [0, 0.1) is 0 Å². The van der Waals surface area contributed by atoms with Crippen molar-refractivity contribution in [2.75, 3.05) is 13.2 Å². The molecular weight excluding hydrogens is 284 g/mol. The van der Waals surface area contributed by atoms with E-state index in [0.717, 1.165) is 14.8 Å². The first kappa shape index (κ1) is 12.8. The molecule has 3 nitrogen and oxygen atoms in total. The number of rotatable bonds is 3. The predicted molar refractivity (Wildman–Crippen MR) is 75.4 cm³/mol. The zero-order valence-corrected chi connectivity index (χ0v) is 11.7. The number of aliphatic hydroxyl groups excluding tert-OH is 1. The summed E-state index contributed by atoms with van der Waals surface area (Å²) in [4.78, 5) is 1.05. The molecule has 0 fully saturated rings. The van der Waals surface area contributed by atoms with Crippen molar-refractivity contribution in [1.29, 1.82) is 0 Å². The molecule has 1 aromatic heterocycles. The van der Waals surface area contributed by atoms with Crippen LogP contribution in [0.3, 0.4) is 0 Å². The first-order valence-electron chi connectivity index (χ1n) is 6.05. The molecule has 0 spiro atoms. The van der Waals surface area contributed by atoms with Gasteiger partial charge >= 0.3 is 0 Å². The summed E-state index contributed by atoms with van der Waals surface area (Å²) in [5.74, 6) is 1.36. The maximum absolute atomic E-state index is 10.4. The molecule has 1 unspecified atom stereocenters. The largest absolute Gasteiger partial charge is 0.486 e. The van der Waals surface area contributed by atoms with Crippen molar-refractivity contribution in [2.24, 2.45) is 0 Å². The van der Waals surface area contributed by atoms with Gasteiger partial charge in [-0.05, 0) is 18.2 Å². The molecule has 0 bridgehead atoms. The predicted octanol–water partition coefficient (Wildman–Crippen LogP) is 3.45. The first-order valence-corrected chi connectivity index (χ1v) is 7.24. The van der Waals surface area contributed by atoms with Crippen molar-refractivity contribution < 1.29 is 14.6 Å². The van der Waals surface area contributed by atoms with E-state index in [0.29, 0.717) is 31.1 Å². The number of fused-ring (bicyclic) bond motifs is 1. The SMILES string of the molecule is OC(Cc1ccc(Cl)s1)c1cccc2c1OCCO2. The third-order valence-electron chi connectivity index (χ3n) is 2.98. The van der Waals surface area contributed by atoms with Gasteiger partial charge in [-0.1, -0.05) is 23.7 Å². The maximum atomic E-state index is 10.4. The van der Waals surface area contributed by atoms with Crippen LogP contribution < -0.4 is 9.47 Å². The minimum absolute atomic E-state index is 0.515. The van der Waals surface area contributed by atoms with Crippen molar-refractivity contribution >= 4 is 22.9 Å². The summed E-state index contributed by atoms with van der Waals surface area (Å²) in [5.41, 5.74) is 0.765. The van der Waals surface area contributed by atoms with Crippen LogP contribution in [0.5, 0.6) is 11.5 Å². The molecule has 1 aliphatic heterocycles. The third kappa shape index (κ3) is 2.71. The molecular formula is C14H13ClO3S. The molecule has 0 aliphatic carbocycles. The molecule has 1 aliphatic rings. The van der Waals surface area contributed by atoms with Crippen molar-refractivity contribution in [1.82, 2.24) is 0 Å². The van der Waals surface area contributed by atoms with E-state index in [2.05, 4.69) is 0 Å². The highest BCUT2D eigenvalue weighted by molar-refractivity contribution is 7.16. The lowest BCUT2D eigenvalue weighted by Crippen LogP contribution is -2.17. The highest BCUT2D eigenvalue weighted by Gasteiger charge is 2.21. The standard InChI is InChI=1S/C14H13ClO3S/c15-13-5-4-9(19-13)8-11(16)10-2-1-3-12-14(10)18-7-6-17-12/h1-5,11,16H,6-8H2. The number of para-hydroxylation sites is 1. The Morgan fingerprint density at radius 2 is 2.05 bits per heavy atom. The third-order valence-corrected chi connectivity index (χ3v) is 4.23. The molecule has 0 radical (unpaired) electrons. The van der Waals surface area contributed by atoms with Gasteiger partial charge in [0.2, 0.25) is 0 Å². The van der Waals surface area contributed by atoms with Crippen LogP contribution in [0.2, 0.25) is 4.34 Å². The van der Waals surface area contributed by atoms with Crippen LogP contribution in [0.15, 0.2) is 30.3 Å². The Hall–Kier alpha value is -1.23. The van der Waals surface area contributed by atoms with Gasteiger partial charge < -0.3 is 14.6 Å². The fraction of sp³-hybridized carbons (Fsp3) is 0.286. The van der Waals surface area contributed by atoms with Crippen LogP contribution >= 0.6 is 22.9 Å². The number of halogens is 1. The van der Waals surface area contributed by atoms with Gasteiger partial charge in [-0.2, -0.15) is 0 Å². The minimum atomic E-state index is -0.619. The number of aliphatic hydroxyl groups is 1. The highest BCUT2D eigenvalue weighted by Crippen LogP contribution is 2.38. The molecule has 1 aromatic carbocycles. The molecule has 1 atom stereocenters. The Kier molecular flexibility index (Phi) is 3.64. The maximum Gasteiger partial charge on any atom is 0.167 e. The molecule has 0 amide bonds. The van der Waals surface area contributed by atoms with Gasteiger partial charge in [0, 0.05) is 16.9 Å². The van der Waals surface area contributed by atoms with Gasteiger partial charge in [0.05, 0.1) is 10.4 Å². The van der Waals surface area contributed by atoms with Crippen LogP contribution in [0.1, 0.15) is 16.5 Å². The van der Waals surface area contributed by atoms with Crippen LogP contribution in [-0.4, -0.2) is 18.3 Å². The Morgan fingerprint density at radius 3 is 2.84 bits per heavy atom. The van der Waals surface area contributed by atoms with E-state index in [-0.39, 0.29) is 0 Å². The molecule has 3 rings (SSSR count). The summed E-state index contributed by atoms with van der Waals surface area (Å²) < 4.78 is 11.9. The second kappa shape index (κ2) is 5.41. The average molecular weight is 297 g/mol. The first-order chi connectivity index (χ1) is 9.24. The lowest BCUT2D eigenvalue weighted by molar-refractivity contribution is 0.146. The lowest BCUT2D eigenvalue weighted by atomic mass is 10.0. The summed E-state index contributed by atoms with van der Waals surface area (Å²) in [6.07, 6.45) is -0.0941. The van der Waals surface area contributed by atoms with Crippen molar-refractivity contribution in [3.8, 4) is 11.5 Å². The fourth-order valence-corrected chi connectivity index (χ4v) is 3.24. The molecule has 1 N–H and O–H groups in total. The van der Waals surface area contributed by atoms with Crippen LogP contribution in [0.25, 0.3) is 0 Å². The summed E-state index contributed by atoms with van der Waals surface area (Å²) in [6.45, 7) is 1.06. The van der Waals surface area contributed by atoms with E-state index >= 15 is 0 Å². The van der Waals surface area contributed by atoms with Gasteiger partial charge in [-0.25, -0.2) is 0 Å². The topological polar surface area (TPSA) is 38.7 Å². The smallest absolute Gasteiger partial charge is 0.167 e. The summed E-state index contributed by atoms with van der Waals surface area (Å²) in [5, 5.41) is 10.4. The van der Waals surface area contributed by atoms with Gasteiger partial charge in [-0.3, -0.25) is 0 Å². The molecule has 100 valence electrons. The lowest BCUT2D eigenvalue weighted by Gasteiger charge is -2.22. The van der Waals surface area contributed by atoms with Crippen LogP contribution in [0.4, 0.5) is 0 Å². The number of hydrogen-bond donors (Lipinski definition) is 1. The monoisotopic (exact) mass is 296 g/mol. The van der Waals surface area contributed by atoms with Gasteiger partial charge in [0.1, 0.15) is 13.2 Å². The zero-order chi connectivity index (χ0) is 13.2. The molecule has 0 saturated heterocycles. The van der Waals surface area contributed by atoms with Gasteiger partial charge in [0.15, 0.2) is 11.5 Å². The number of ether oxygens (including phenoxy) is 2. The Balaban J connectivity index is 1.85. The van der Waals surface area contributed by atoms with E-state index in [1.165, 1.54) is 11.3 Å². The molecule has 0 saturated carbocycles. The zero-order valence-electron chi connectivity index (χ0n) is 10.1. The summed E-state index contributed by atoms with van der Waals surface area (Å²) in [6, 6.07) is 9.37. The second-order valence-electron chi connectivity index (χ2n) is 4.30. The highest BCUT2D eigenvalue weighted by atomic mass is 35.5. The summed E-state index contributed by atoms with van der Waals surface area (Å²) in [7, 11) is 0. The molecule has 2 aromatic rings. The molecule has 2 heterocycles. The molecule has 5 heteroatoms. The van der Waals surface area contributed by atoms with Crippen LogP contribution in [-0.2, 0) is 6.42 Å². The van der Waals surface area contributed by atoms with Gasteiger partial charge in [-0.15, -0.1) is 11.3 Å². The Labute approximate surface area is 120 Å². The quantitative estimate of drug-likeness (QED) is 0.943. The van der Waals surface area contributed by atoms with E-state index in [1.807, 2.05) is 30.3 Å². The Bertz CT molecular complexity index is 582. The normalized spacial score (nSPS) is 15.3. The molecule has 19 heavy (non-hydrogen) atoms. The van der Waals surface area contributed by atoms with E-state index in [1.54, 1.807) is 0 Å². The van der Waals surface area contributed by atoms with Crippen molar-refractivity contribution in [3.05, 3.63) is 45.1 Å². The van der Waals surface area contributed by atoms with E-state index in [4.69, 9.17) is 21.1 Å².